The maximum atomic E-state index is 12.5. The van der Waals surface area contributed by atoms with Gasteiger partial charge in [-0.25, -0.2) is 9.97 Å². The first-order chi connectivity index (χ1) is 13.2. The van der Waals surface area contributed by atoms with Gasteiger partial charge >= 0.3 is 0 Å². The molecule has 1 aliphatic heterocycles. The summed E-state index contributed by atoms with van der Waals surface area (Å²) in [7, 11) is 1.74. The van der Waals surface area contributed by atoms with Crippen molar-refractivity contribution in [3.05, 3.63) is 52.9 Å². The van der Waals surface area contributed by atoms with Crippen molar-refractivity contribution in [3.63, 3.8) is 0 Å². The van der Waals surface area contributed by atoms with Gasteiger partial charge in [0, 0.05) is 25.4 Å². The van der Waals surface area contributed by atoms with Crippen LogP contribution in [0.5, 0.6) is 5.75 Å². The molecule has 1 saturated heterocycles. The van der Waals surface area contributed by atoms with Crippen molar-refractivity contribution < 1.29 is 4.74 Å². The Bertz CT molecular complexity index is 976. The lowest BCUT2D eigenvalue weighted by atomic mass is 10.2. The molecule has 27 heavy (non-hydrogen) atoms. The molecule has 3 heterocycles. The fourth-order valence-electron chi connectivity index (χ4n) is 3.55. The fraction of sp³-hybridized carbons (Fsp3) is 0.381. The summed E-state index contributed by atoms with van der Waals surface area (Å²) < 4.78 is 7.42. The molecule has 1 fully saturated rings. The minimum atomic E-state index is -0.0923. The van der Waals surface area contributed by atoms with Crippen molar-refractivity contribution in [1.29, 1.82) is 0 Å². The van der Waals surface area contributed by atoms with Gasteiger partial charge < -0.3 is 9.64 Å². The Labute approximate surface area is 158 Å². The second-order valence-electron chi connectivity index (χ2n) is 6.95. The van der Waals surface area contributed by atoms with Crippen LogP contribution in [0, 0.1) is 0 Å². The van der Waals surface area contributed by atoms with E-state index in [2.05, 4.69) is 14.9 Å². The van der Waals surface area contributed by atoms with Gasteiger partial charge in [-0.2, -0.15) is 0 Å². The zero-order valence-electron chi connectivity index (χ0n) is 15.6. The predicted octanol–water partition coefficient (Wildman–Crippen LogP) is 2.86. The van der Waals surface area contributed by atoms with Crippen LogP contribution in [-0.2, 0) is 7.05 Å². The lowest BCUT2D eigenvalue weighted by Gasteiger charge is -2.14. The zero-order chi connectivity index (χ0) is 18.6. The van der Waals surface area contributed by atoms with Gasteiger partial charge in [0.15, 0.2) is 5.65 Å². The number of fused-ring (bicyclic) bond motifs is 1. The number of pyridine rings is 1. The minimum absolute atomic E-state index is 0.0923. The first-order valence-corrected chi connectivity index (χ1v) is 9.50. The second-order valence-corrected chi connectivity index (χ2v) is 6.95. The van der Waals surface area contributed by atoms with Gasteiger partial charge in [-0.05, 0) is 68.8 Å². The highest BCUT2D eigenvalue weighted by molar-refractivity contribution is 5.75. The summed E-state index contributed by atoms with van der Waals surface area (Å²) in [6.45, 7) is 4.27. The van der Waals surface area contributed by atoms with Crippen molar-refractivity contribution in [2.45, 2.75) is 19.3 Å². The molecule has 2 aromatic heterocycles. The molecule has 0 saturated carbocycles. The van der Waals surface area contributed by atoms with Crippen molar-refractivity contribution >= 4 is 11.0 Å². The van der Waals surface area contributed by atoms with E-state index in [9.17, 15) is 4.79 Å². The smallest absolute Gasteiger partial charge is 0.263 e. The number of rotatable bonds is 6. The van der Waals surface area contributed by atoms with E-state index in [4.69, 9.17) is 4.74 Å². The molecule has 0 amide bonds. The maximum Gasteiger partial charge on any atom is 0.263 e. The van der Waals surface area contributed by atoms with E-state index in [1.807, 2.05) is 24.3 Å². The van der Waals surface area contributed by atoms with Crippen LogP contribution >= 0.6 is 0 Å². The van der Waals surface area contributed by atoms with Gasteiger partial charge in [-0.15, -0.1) is 0 Å². The molecular formula is C21H24N4O2. The molecular weight excluding hydrogens is 340 g/mol. The molecule has 6 nitrogen and oxygen atoms in total. The van der Waals surface area contributed by atoms with Gasteiger partial charge in [-0.3, -0.25) is 9.36 Å². The van der Waals surface area contributed by atoms with Gasteiger partial charge in [0.1, 0.15) is 11.6 Å². The predicted molar refractivity (Wildman–Crippen MR) is 106 cm³/mol. The number of aromatic nitrogens is 3. The first kappa shape index (κ1) is 17.7. The lowest BCUT2D eigenvalue weighted by Crippen LogP contribution is -2.21. The number of hydrogen-bond acceptors (Lipinski definition) is 5. The van der Waals surface area contributed by atoms with E-state index in [-0.39, 0.29) is 5.56 Å². The Morgan fingerprint density at radius 2 is 1.89 bits per heavy atom. The average Bonchev–Trinajstić information content (AvgIpc) is 3.22. The lowest BCUT2D eigenvalue weighted by molar-refractivity contribution is 0.263. The Morgan fingerprint density at radius 3 is 2.67 bits per heavy atom. The summed E-state index contributed by atoms with van der Waals surface area (Å²) in [5, 5.41) is 0.529. The molecule has 0 bridgehead atoms. The highest BCUT2D eigenvalue weighted by atomic mass is 16.5. The quantitative estimate of drug-likeness (QED) is 0.630. The molecule has 0 unspecified atom stereocenters. The average molecular weight is 364 g/mol. The summed E-state index contributed by atoms with van der Waals surface area (Å²) >= 11 is 0. The summed E-state index contributed by atoms with van der Waals surface area (Å²) in [5.41, 5.74) is 1.25. The third kappa shape index (κ3) is 3.85. The summed E-state index contributed by atoms with van der Waals surface area (Å²) in [6.07, 6.45) is 5.33. The SMILES string of the molecule is Cn1c(-c2ccc(OCCCN3CCCC3)cc2)nc2ncccc2c1=O. The maximum absolute atomic E-state index is 12.5. The van der Waals surface area contributed by atoms with Crippen molar-refractivity contribution in [3.8, 4) is 17.1 Å². The molecule has 0 spiro atoms. The van der Waals surface area contributed by atoms with E-state index < -0.39 is 0 Å². The number of nitrogens with zero attached hydrogens (tertiary/aromatic N) is 4. The second kappa shape index (κ2) is 7.88. The monoisotopic (exact) mass is 364 g/mol. The van der Waals surface area contributed by atoms with Gasteiger partial charge in [-0.1, -0.05) is 0 Å². The Morgan fingerprint density at radius 1 is 1.11 bits per heavy atom. The number of hydrogen-bond donors (Lipinski definition) is 0. The van der Waals surface area contributed by atoms with Gasteiger partial charge in [0.2, 0.25) is 0 Å². The molecule has 1 aromatic carbocycles. The van der Waals surface area contributed by atoms with Crippen LogP contribution in [0.1, 0.15) is 19.3 Å². The van der Waals surface area contributed by atoms with Gasteiger partial charge in [0.05, 0.1) is 12.0 Å². The molecule has 0 radical (unpaired) electrons. The number of ether oxygens (including phenoxy) is 1. The molecule has 0 atom stereocenters. The van der Waals surface area contributed by atoms with E-state index in [1.54, 1.807) is 29.9 Å². The normalized spacial score (nSPS) is 14.7. The van der Waals surface area contributed by atoms with Crippen LogP contribution in [0.4, 0.5) is 0 Å². The van der Waals surface area contributed by atoms with Crippen LogP contribution < -0.4 is 10.3 Å². The molecule has 6 heteroatoms. The minimum Gasteiger partial charge on any atom is -0.494 e. The molecule has 0 aliphatic carbocycles. The Balaban J connectivity index is 1.45. The van der Waals surface area contributed by atoms with Crippen LogP contribution in [0.3, 0.4) is 0 Å². The van der Waals surface area contributed by atoms with Crippen LogP contribution in [-0.4, -0.2) is 45.7 Å². The summed E-state index contributed by atoms with van der Waals surface area (Å²) in [4.78, 5) is 23.8. The molecule has 140 valence electrons. The first-order valence-electron chi connectivity index (χ1n) is 9.50. The topological polar surface area (TPSA) is 60.2 Å². The Hall–Kier alpha value is -2.73. The number of likely N-dealkylation sites (tertiary alicyclic amines) is 1. The fourth-order valence-corrected chi connectivity index (χ4v) is 3.55. The third-order valence-electron chi connectivity index (χ3n) is 5.05. The zero-order valence-corrected chi connectivity index (χ0v) is 15.6. The van der Waals surface area contributed by atoms with Crippen LogP contribution in [0.25, 0.3) is 22.4 Å². The molecule has 4 rings (SSSR count). The van der Waals surface area contributed by atoms with Crippen molar-refractivity contribution in [2.75, 3.05) is 26.2 Å². The highest BCUT2D eigenvalue weighted by Crippen LogP contribution is 2.21. The standard InChI is InChI=1S/C21H24N4O2/c1-24-20(23-19-18(21(24)26)6-4-11-22-19)16-7-9-17(10-8-16)27-15-5-14-25-12-2-3-13-25/h4,6-11H,2-3,5,12-15H2,1H3. The van der Waals surface area contributed by atoms with Crippen LogP contribution in [0.15, 0.2) is 47.4 Å². The number of benzene rings is 1. The molecule has 0 N–H and O–H groups in total. The van der Waals surface area contributed by atoms with E-state index in [0.29, 0.717) is 23.5 Å². The van der Waals surface area contributed by atoms with Crippen molar-refractivity contribution in [2.24, 2.45) is 7.05 Å². The summed E-state index contributed by atoms with van der Waals surface area (Å²) in [6, 6.07) is 11.2. The molecule has 3 aromatic rings. The largest absolute Gasteiger partial charge is 0.494 e. The third-order valence-corrected chi connectivity index (χ3v) is 5.05. The summed E-state index contributed by atoms with van der Waals surface area (Å²) in [5.74, 6) is 1.44. The highest BCUT2D eigenvalue weighted by Gasteiger charge is 2.12. The van der Waals surface area contributed by atoms with E-state index in [1.165, 1.54) is 25.9 Å². The Kier molecular flexibility index (Phi) is 5.16. The van der Waals surface area contributed by atoms with E-state index >= 15 is 0 Å². The van der Waals surface area contributed by atoms with Crippen LogP contribution in [0.2, 0.25) is 0 Å². The van der Waals surface area contributed by atoms with E-state index in [0.717, 1.165) is 24.3 Å². The van der Waals surface area contributed by atoms with Crippen molar-refractivity contribution in [1.82, 2.24) is 19.4 Å². The van der Waals surface area contributed by atoms with Gasteiger partial charge in [0.25, 0.3) is 5.56 Å². The molecule has 1 aliphatic rings.